The van der Waals surface area contributed by atoms with Crippen LogP contribution in [0.2, 0.25) is 0 Å². The van der Waals surface area contributed by atoms with Crippen LogP contribution in [0.3, 0.4) is 0 Å². The lowest BCUT2D eigenvalue weighted by atomic mass is 10.2. The Hall–Kier alpha value is -1.36. The number of pyridine rings is 1. The van der Waals surface area contributed by atoms with Crippen LogP contribution < -0.4 is 0 Å². The van der Waals surface area contributed by atoms with Gasteiger partial charge in [-0.25, -0.2) is 4.98 Å². The highest BCUT2D eigenvalue weighted by Crippen LogP contribution is 2.17. The lowest BCUT2D eigenvalue weighted by Crippen LogP contribution is -1.77. The van der Waals surface area contributed by atoms with E-state index in [0.29, 0.717) is 0 Å². The maximum absolute atomic E-state index is 4.55. The third kappa shape index (κ3) is 1.95. The van der Waals surface area contributed by atoms with Gasteiger partial charge >= 0.3 is 0 Å². The Balaban J connectivity index is 0.000000963. The van der Waals surface area contributed by atoms with Crippen molar-refractivity contribution in [3.05, 3.63) is 60.9 Å². The Morgan fingerprint density at radius 2 is 1.62 bits per heavy atom. The molecule has 3 rings (SSSR count). The van der Waals surface area contributed by atoms with Gasteiger partial charge in [0.15, 0.2) is 0 Å². The number of fused-ring (bicyclic) bond motifs is 1. The third-order valence-electron chi connectivity index (χ3n) is 2.43. The highest BCUT2D eigenvalue weighted by molar-refractivity contribution is 14.0. The summed E-state index contributed by atoms with van der Waals surface area (Å²) in [6.45, 7) is 0. The van der Waals surface area contributed by atoms with Crippen LogP contribution >= 0.6 is 24.0 Å². The molecule has 0 spiro atoms. The fourth-order valence-electron chi connectivity index (χ4n) is 1.68. The van der Waals surface area contributed by atoms with Gasteiger partial charge in [-0.3, -0.25) is 0 Å². The van der Waals surface area contributed by atoms with Gasteiger partial charge in [-0.05, 0) is 12.1 Å². The SMILES string of the molecule is I.c1ccc(-c2cn3ccccc3n2)cc1. The molecule has 2 heterocycles. The van der Waals surface area contributed by atoms with E-state index >= 15 is 0 Å². The topological polar surface area (TPSA) is 17.3 Å². The van der Waals surface area contributed by atoms with Crippen molar-refractivity contribution in [2.24, 2.45) is 0 Å². The van der Waals surface area contributed by atoms with Gasteiger partial charge in [0, 0.05) is 18.0 Å². The van der Waals surface area contributed by atoms with Gasteiger partial charge in [-0.2, -0.15) is 0 Å². The van der Waals surface area contributed by atoms with Crippen LogP contribution in [0, 0.1) is 0 Å². The van der Waals surface area contributed by atoms with Crippen LogP contribution in [0.1, 0.15) is 0 Å². The van der Waals surface area contributed by atoms with E-state index in [-0.39, 0.29) is 24.0 Å². The van der Waals surface area contributed by atoms with E-state index in [1.165, 1.54) is 0 Å². The first-order valence-corrected chi connectivity index (χ1v) is 4.93. The van der Waals surface area contributed by atoms with Gasteiger partial charge in [0.1, 0.15) is 5.65 Å². The molecule has 3 aromatic rings. The van der Waals surface area contributed by atoms with Crippen molar-refractivity contribution in [1.82, 2.24) is 9.38 Å². The Kier molecular flexibility index (Phi) is 3.24. The molecule has 0 aliphatic carbocycles. The van der Waals surface area contributed by atoms with Crippen molar-refractivity contribution < 1.29 is 0 Å². The van der Waals surface area contributed by atoms with Crippen LogP contribution in [0.15, 0.2) is 60.9 Å². The van der Waals surface area contributed by atoms with E-state index in [9.17, 15) is 0 Å². The van der Waals surface area contributed by atoms with E-state index in [1.807, 2.05) is 53.2 Å². The molecule has 2 aromatic heterocycles. The Morgan fingerprint density at radius 3 is 2.38 bits per heavy atom. The summed E-state index contributed by atoms with van der Waals surface area (Å²) in [6, 6.07) is 16.2. The molecule has 1 aromatic carbocycles. The van der Waals surface area contributed by atoms with E-state index in [2.05, 4.69) is 17.1 Å². The highest BCUT2D eigenvalue weighted by Gasteiger charge is 2.01. The van der Waals surface area contributed by atoms with Crippen molar-refractivity contribution >= 4 is 29.6 Å². The molecule has 0 amide bonds. The maximum atomic E-state index is 4.55. The predicted molar refractivity (Wildman–Crippen MR) is 76.0 cm³/mol. The van der Waals surface area contributed by atoms with Crippen molar-refractivity contribution in [1.29, 1.82) is 0 Å². The zero-order chi connectivity index (χ0) is 10.1. The summed E-state index contributed by atoms with van der Waals surface area (Å²) in [6.07, 6.45) is 4.06. The standard InChI is InChI=1S/C13H10N2.HI/c1-2-6-11(7-3-1)12-10-15-9-5-4-8-13(15)14-12;/h1-10H;1H. The van der Waals surface area contributed by atoms with Crippen LogP contribution in [0.25, 0.3) is 16.9 Å². The van der Waals surface area contributed by atoms with Gasteiger partial charge < -0.3 is 4.40 Å². The number of halogens is 1. The lowest BCUT2D eigenvalue weighted by molar-refractivity contribution is 1.19. The minimum atomic E-state index is 0. The van der Waals surface area contributed by atoms with Crippen LogP contribution in [0.4, 0.5) is 0 Å². The van der Waals surface area contributed by atoms with Crippen LogP contribution in [-0.2, 0) is 0 Å². The van der Waals surface area contributed by atoms with Crippen molar-refractivity contribution in [2.75, 3.05) is 0 Å². The van der Waals surface area contributed by atoms with Gasteiger partial charge in [-0.1, -0.05) is 36.4 Å². The minimum absolute atomic E-state index is 0. The number of nitrogens with zero attached hydrogens (tertiary/aromatic N) is 2. The Morgan fingerprint density at radius 1 is 0.875 bits per heavy atom. The van der Waals surface area contributed by atoms with Gasteiger partial charge in [0.25, 0.3) is 0 Å². The fraction of sp³-hybridized carbons (Fsp3) is 0. The van der Waals surface area contributed by atoms with E-state index in [4.69, 9.17) is 0 Å². The monoisotopic (exact) mass is 322 g/mol. The summed E-state index contributed by atoms with van der Waals surface area (Å²) in [5, 5.41) is 0. The molecule has 80 valence electrons. The minimum Gasteiger partial charge on any atom is -0.306 e. The van der Waals surface area contributed by atoms with Crippen molar-refractivity contribution in [3.8, 4) is 11.3 Å². The number of rotatable bonds is 1. The Labute approximate surface area is 111 Å². The molecule has 2 nitrogen and oxygen atoms in total. The largest absolute Gasteiger partial charge is 0.306 e. The molecule has 0 aliphatic heterocycles. The average Bonchev–Trinajstić information content (AvgIpc) is 2.74. The summed E-state index contributed by atoms with van der Waals surface area (Å²) in [7, 11) is 0. The number of benzene rings is 1. The summed E-state index contributed by atoms with van der Waals surface area (Å²) in [5.41, 5.74) is 3.15. The van der Waals surface area contributed by atoms with Crippen LogP contribution in [-0.4, -0.2) is 9.38 Å². The molecular weight excluding hydrogens is 311 g/mol. The summed E-state index contributed by atoms with van der Waals surface area (Å²) < 4.78 is 2.03. The first-order chi connectivity index (χ1) is 7.43. The molecule has 0 saturated heterocycles. The first-order valence-electron chi connectivity index (χ1n) is 4.93. The second-order valence-corrected chi connectivity index (χ2v) is 3.46. The van der Waals surface area contributed by atoms with E-state index in [1.54, 1.807) is 0 Å². The lowest BCUT2D eigenvalue weighted by Gasteiger charge is -1.92. The molecule has 0 radical (unpaired) electrons. The third-order valence-corrected chi connectivity index (χ3v) is 2.43. The van der Waals surface area contributed by atoms with E-state index < -0.39 is 0 Å². The molecule has 3 heteroatoms. The molecule has 0 N–H and O–H groups in total. The first kappa shape index (κ1) is 11.1. The van der Waals surface area contributed by atoms with Crippen molar-refractivity contribution in [2.45, 2.75) is 0 Å². The number of hydrogen-bond acceptors (Lipinski definition) is 1. The summed E-state index contributed by atoms with van der Waals surface area (Å²) in [5.74, 6) is 0. The van der Waals surface area contributed by atoms with E-state index in [0.717, 1.165) is 16.9 Å². The summed E-state index contributed by atoms with van der Waals surface area (Å²) in [4.78, 5) is 4.55. The molecule has 0 fully saturated rings. The molecule has 0 atom stereocenters. The van der Waals surface area contributed by atoms with Gasteiger partial charge in [-0.15, -0.1) is 24.0 Å². The normalized spacial score (nSPS) is 10.0. The zero-order valence-corrected chi connectivity index (χ0v) is 10.9. The fourth-order valence-corrected chi connectivity index (χ4v) is 1.68. The molecule has 0 unspecified atom stereocenters. The van der Waals surface area contributed by atoms with Gasteiger partial charge in [0.2, 0.25) is 0 Å². The predicted octanol–water partition coefficient (Wildman–Crippen LogP) is 3.62. The molecular formula is C13H11IN2. The molecule has 0 saturated carbocycles. The van der Waals surface area contributed by atoms with Crippen molar-refractivity contribution in [3.63, 3.8) is 0 Å². The highest BCUT2D eigenvalue weighted by atomic mass is 127. The smallest absolute Gasteiger partial charge is 0.137 e. The molecule has 0 bridgehead atoms. The second-order valence-electron chi connectivity index (χ2n) is 3.46. The zero-order valence-electron chi connectivity index (χ0n) is 8.58. The van der Waals surface area contributed by atoms with Gasteiger partial charge in [0.05, 0.1) is 5.69 Å². The summed E-state index contributed by atoms with van der Waals surface area (Å²) >= 11 is 0. The quantitative estimate of drug-likeness (QED) is 0.626. The number of hydrogen-bond donors (Lipinski definition) is 0. The number of imidazole rings is 1. The molecule has 16 heavy (non-hydrogen) atoms. The Bertz CT molecular complexity index is 554. The second kappa shape index (κ2) is 4.65. The molecule has 0 aliphatic rings. The number of aromatic nitrogens is 2. The average molecular weight is 322 g/mol. The van der Waals surface area contributed by atoms with Crippen LogP contribution in [0.5, 0.6) is 0 Å². The maximum Gasteiger partial charge on any atom is 0.137 e.